The van der Waals surface area contributed by atoms with Crippen LogP contribution in [0.15, 0.2) is 18.2 Å². The summed E-state index contributed by atoms with van der Waals surface area (Å²) in [5.74, 6) is -2.34. The second-order valence-electron chi connectivity index (χ2n) is 5.94. The Labute approximate surface area is 117 Å². The number of hydrogen-bond acceptors (Lipinski definition) is 2. The molecule has 5 heteroatoms. The Morgan fingerprint density at radius 1 is 1.40 bits per heavy atom. The minimum atomic E-state index is -1.01. The molecule has 0 aromatic heterocycles. The van der Waals surface area contributed by atoms with Gasteiger partial charge in [-0.15, -0.1) is 0 Å². The van der Waals surface area contributed by atoms with Crippen molar-refractivity contribution in [3.05, 3.63) is 35.4 Å². The smallest absolute Gasteiger partial charge is 0.251 e. The molecule has 1 atom stereocenters. The summed E-state index contributed by atoms with van der Waals surface area (Å²) < 4.78 is 25.9. The van der Waals surface area contributed by atoms with E-state index in [1.807, 2.05) is 0 Å². The van der Waals surface area contributed by atoms with Crippen molar-refractivity contribution in [2.75, 3.05) is 13.1 Å². The number of amides is 1. The number of carbonyl (C=O) groups is 1. The van der Waals surface area contributed by atoms with E-state index in [9.17, 15) is 13.6 Å². The van der Waals surface area contributed by atoms with Gasteiger partial charge in [0.1, 0.15) is 0 Å². The highest BCUT2D eigenvalue weighted by Gasteiger charge is 2.31. The van der Waals surface area contributed by atoms with Gasteiger partial charge in [0.25, 0.3) is 5.91 Å². The quantitative estimate of drug-likeness (QED) is 0.894. The van der Waals surface area contributed by atoms with Crippen molar-refractivity contribution in [2.24, 2.45) is 5.41 Å². The standard InChI is InChI=1S/C15H20F2N2O/c1-15(2)6-3-7-18-13(15)9-19-14(20)10-4-5-11(16)12(17)8-10/h4-5,8,13,18H,3,6-7,9H2,1-2H3,(H,19,20). The van der Waals surface area contributed by atoms with E-state index in [2.05, 4.69) is 24.5 Å². The highest BCUT2D eigenvalue weighted by molar-refractivity contribution is 5.94. The zero-order chi connectivity index (χ0) is 14.8. The maximum Gasteiger partial charge on any atom is 0.251 e. The molecule has 110 valence electrons. The van der Waals surface area contributed by atoms with Gasteiger partial charge in [0, 0.05) is 18.2 Å². The SMILES string of the molecule is CC1(C)CCCNC1CNC(=O)c1ccc(F)c(F)c1. The van der Waals surface area contributed by atoms with Crippen LogP contribution in [-0.4, -0.2) is 25.0 Å². The number of carbonyl (C=O) groups excluding carboxylic acids is 1. The van der Waals surface area contributed by atoms with Crippen LogP contribution in [-0.2, 0) is 0 Å². The van der Waals surface area contributed by atoms with Crippen LogP contribution < -0.4 is 10.6 Å². The summed E-state index contributed by atoms with van der Waals surface area (Å²) >= 11 is 0. The molecular weight excluding hydrogens is 262 g/mol. The Kier molecular flexibility index (Phi) is 4.38. The zero-order valence-electron chi connectivity index (χ0n) is 11.8. The molecule has 0 aliphatic carbocycles. The number of halogens is 2. The molecule has 0 radical (unpaired) electrons. The molecule has 1 heterocycles. The summed E-state index contributed by atoms with van der Waals surface area (Å²) in [5.41, 5.74) is 0.247. The topological polar surface area (TPSA) is 41.1 Å². The molecule has 1 aromatic carbocycles. The molecule has 1 unspecified atom stereocenters. The lowest BCUT2D eigenvalue weighted by Crippen LogP contribution is -2.52. The average Bonchev–Trinajstić information content (AvgIpc) is 2.40. The highest BCUT2D eigenvalue weighted by atomic mass is 19.2. The van der Waals surface area contributed by atoms with Gasteiger partial charge >= 0.3 is 0 Å². The predicted octanol–water partition coefficient (Wildman–Crippen LogP) is 2.47. The lowest BCUT2D eigenvalue weighted by Gasteiger charge is -2.39. The van der Waals surface area contributed by atoms with Crippen molar-refractivity contribution in [1.82, 2.24) is 10.6 Å². The molecule has 1 aliphatic rings. The highest BCUT2D eigenvalue weighted by Crippen LogP contribution is 2.29. The molecule has 20 heavy (non-hydrogen) atoms. The van der Waals surface area contributed by atoms with Gasteiger partial charge in [-0.25, -0.2) is 8.78 Å². The second-order valence-corrected chi connectivity index (χ2v) is 5.94. The first kappa shape index (κ1) is 14.9. The van der Waals surface area contributed by atoms with Crippen LogP contribution in [0.1, 0.15) is 37.0 Å². The number of benzene rings is 1. The first-order valence-corrected chi connectivity index (χ1v) is 6.87. The van der Waals surface area contributed by atoms with Crippen molar-refractivity contribution in [2.45, 2.75) is 32.7 Å². The van der Waals surface area contributed by atoms with E-state index in [0.717, 1.165) is 31.5 Å². The summed E-state index contributed by atoms with van der Waals surface area (Å²) in [4.78, 5) is 11.9. The summed E-state index contributed by atoms with van der Waals surface area (Å²) in [5, 5.41) is 6.17. The molecule has 1 saturated heterocycles. The predicted molar refractivity (Wildman–Crippen MR) is 73.5 cm³/mol. The molecular formula is C15H20F2N2O. The van der Waals surface area contributed by atoms with Crippen molar-refractivity contribution in [3.8, 4) is 0 Å². The van der Waals surface area contributed by atoms with Gasteiger partial charge in [0.15, 0.2) is 11.6 Å². The van der Waals surface area contributed by atoms with Crippen molar-refractivity contribution in [3.63, 3.8) is 0 Å². The van der Waals surface area contributed by atoms with Crippen LogP contribution in [0.25, 0.3) is 0 Å². The van der Waals surface area contributed by atoms with Crippen molar-refractivity contribution < 1.29 is 13.6 Å². The van der Waals surface area contributed by atoms with Crippen LogP contribution in [0.3, 0.4) is 0 Å². The molecule has 1 amide bonds. The van der Waals surface area contributed by atoms with Crippen LogP contribution >= 0.6 is 0 Å². The third kappa shape index (κ3) is 3.33. The fourth-order valence-electron chi connectivity index (χ4n) is 2.55. The molecule has 0 spiro atoms. The monoisotopic (exact) mass is 282 g/mol. The summed E-state index contributed by atoms with van der Waals surface area (Å²) in [7, 11) is 0. The third-order valence-corrected chi connectivity index (χ3v) is 3.98. The normalized spacial score (nSPS) is 21.5. The zero-order valence-corrected chi connectivity index (χ0v) is 11.8. The number of piperidine rings is 1. The van der Waals surface area contributed by atoms with Gasteiger partial charge in [-0.1, -0.05) is 13.8 Å². The molecule has 2 N–H and O–H groups in total. The minimum absolute atomic E-state index is 0.111. The van der Waals surface area contributed by atoms with Gasteiger partial charge < -0.3 is 10.6 Å². The maximum atomic E-state index is 13.1. The summed E-state index contributed by atoms with van der Waals surface area (Å²) in [6.45, 7) is 5.74. The van der Waals surface area contributed by atoms with Crippen LogP contribution in [0, 0.1) is 17.0 Å². The van der Waals surface area contributed by atoms with E-state index in [-0.39, 0.29) is 22.9 Å². The first-order valence-electron chi connectivity index (χ1n) is 6.87. The Hall–Kier alpha value is -1.49. The van der Waals surface area contributed by atoms with Gasteiger partial charge in [-0.3, -0.25) is 4.79 Å². The van der Waals surface area contributed by atoms with Crippen LogP contribution in [0.2, 0.25) is 0 Å². The van der Waals surface area contributed by atoms with E-state index < -0.39 is 11.6 Å². The number of rotatable bonds is 3. The van der Waals surface area contributed by atoms with E-state index in [4.69, 9.17) is 0 Å². The van der Waals surface area contributed by atoms with Crippen LogP contribution in [0.4, 0.5) is 8.78 Å². The van der Waals surface area contributed by atoms with E-state index in [1.54, 1.807) is 0 Å². The first-order chi connectivity index (χ1) is 9.40. The lowest BCUT2D eigenvalue weighted by atomic mass is 9.77. The summed E-state index contributed by atoms with van der Waals surface area (Å²) in [6, 6.07) is 3.36. The molecule has 0 saturated carbocycles. The molecule has 0 bridgehead atoms. The van der Waals surface area contributed by atoms with Gasteiger partial charge in [0.2, 0.25) is 0 Å². The van der Waals surface area contributed by atoms with Crippen molar-refractivity contribution >= 4 is 5.91 Å². The largest absolute Gasteiger partial charge is 0.350 e. The maximum absolute atomic E-state index is 13.1. The Morgan fingerprint density at radius 3 is 2.80 bits per heavy atom. The number of nitrogens with one attached hydrogen (secondary N) is 2. The van der Waals surface area contributed by atoms with Crippen LogP contribution in [0.5, 0.6) is 0 Å². The Balaban J connectivity index is 1.96. The summed E-state index contributed by atoms with van der Waals surface area (Å²) in [6.07, 6.45) is 2.23. The Bertz CT molecular complexity index is 503. The fourth-order valence-corrected chi connectivity index (χ4v) is 2.55. The van der Waals surface area contributed by atoms with Gasteiger partial charge in [-0.2, -0.15) is 0 Å². The number of hydrogen-bond donors (Lipinski definition) is 2. The molecule has 2 rings (SSSR count). The molecule has 1 aromatic rings. The lowest BCUT2D eigenvalue weighted by molar-refractivity contribution is 0.0928. The van der Waals surface area contributed by atoms with Gasteiger partial charge in [0.05, 0.1) is 0 Å². The van der Waals surface area contributed by atoms with Gasteiger partial charge in [-0.05, 0) is 43.0 Å². The average molecular weight is 282 g/mol. The molecule has 1 aliphatic heterocycles. The third-order valence-electron chi connectivity index (χ3n) is 3.98. The van der Waals surface area contributed by atoms with E-state index >= 15 is 0 Å². The minimum Gasteiger partial charge on any atom is -0.350 e. The fraction of sp³-hybridized carbons (Fsp3) is 0.533. The van der Waals surface area contributed by atoms with E-state index in [0.29, 0.717) is 6.54 Å². The van der Waals surface area contributed by atoms with E-state index in [1.165, 1.54) is 6.07 Å². The second kappa shape index (κ2) is 5.87. The van der Waals surface area contributed by atoms with Crippen molar-refractivity contribution in [1.29, 1.82) is 0 Å². The Morgan fingerprint density at radius 2 is 2.15 bits per heavy atom. The molecule has 1 fully saturated rings. The molecule has 3 nitrogen and oxygen atoms in total.